The molecule has 0 spiro atoms. The minimum absolute atomic E-state index is 0.236. The number of anilines is 1. The molecule has 0 saturated heterocycles. The number of fused-ring (bicyclic) bond motifs is 1. The van der Waals surface area contributed by atoms with E-state index >= 15 is 0 Å². The zero-order chi connectivity index (χ0) is 20.6. The van der Waals surface area contributed by atoms with Crippen LogP contribution in [0.5, 0.6) is 5.75 Å². The Kier molecular flexibility index (Phi) is 6.99. The fraction of sp³-hybridized carbons (Fsp3) is 0.273. The lowest BCUT2D eigenvalue weighted by Crippen LogP contribution is -2.10. The third kappa shape index (κ3) is 5.01. The first kappa shape index (κ1) is 20.6. The number of methoxy groups -OCH3 is 2. The SMILES string of the molecule is COCCOCCOc1ccccc1C=C1C(=O)Nc2cc(C(=O)OC)ccc21. The molecule has 0 bridgehead atoms. The summed E-state index contributed by atoms with van der Waals surface area (Å²) < 4.78 is 20.9. The first-order valence-corrected chi connectivity index (χ1v) is 9.18. The van der Waals surface area contributed by atoms with E-state index in [0.717, 1.165) is 11.1 Å². The molecule has 2 aromatic rings. The maximum atomic E-state index is 12.5. The van der Waals surface area contributed by atoms with Crippen molar-refractivity contribution < 1.29 is 28.5 Å². The van der Waals surface area contributed by atoms with Gasteiger partial charge < -0.3 is 24.3 Å². The molecule has 1 heterocycles. The predicted molar refractivity (Wildman–Crippen MR) is 109 cm³/mol. The molecule has 1 amide bonds. The second kappa shape index (κ2) is 9.86. The maximum Gasteiger partial charge on any atom is 0.337 e. The van der Waals surface area contributed by atoms with Gasteiger partial charge in [0.25, 0.3) is 5.91 Å². The molecule has 0 aromatic heterocycles. The number of amides is 1. The van der Waals surface area contributed by atoms with Crippen molar-refractivity contribution in [1.29, 1.82) is 0 Å². The van der Waals surface area contributed by atoms with Gasteiger partial charge in [-0.2, -0.15) is 0 Å². The van der Waals surface area contributed by atoms with Gasteiger partial charge >= 0.3 is 5.97 Å². The normalized spacial score (nSPS) is 13.9. The minimum Gasteiger partial charge on any atom is -0.491 e. The standard InChI is InChI=1S/C22H23NO6/c1-26-9-10-28-11-12-29-20-6-4-3-5-15(20)13-18-17-8-7-16(22(25)27-2)14-19(17)23-21(18)24/h3-8,13-14H,9-12H2,1-2H3,(H,23,24). The summed E-state index contributed by atoms with van der Waals surface area (Å²) in [6, 6.07) is 12.4. The van der Waals surface area contributed by atoms with Gasteiger partial charge in [-0.3, -0.25) is 4.79 Å². The number of benzene rings is 2. The summed E-state index contributed by atoms with van der Waals surface area (Å²) in [4.78, 5) is 24.2. The summed E-state index contributed by atoms with van der Waals surface area (Å²) in [5.74, 6) is -0.0339. The van der Waals surface area contributed by atoms with Crippen LogP contribution >= 0.6 is 0 Å². The van der Waals surface area contributed by atoms with Crippen LogP contribution < -0.4 is 10.1 Å². The molecule has 7 nitrogen and oxygen atoms in total. The molecular formula is C22H23NO6. The highest BCUT2D eigenvalue weighted by Crippen LogP contribution is 2.35. The molecule has 3 rings (SSSR count). The van der Waals surface area contributed by atoms with E-state index in [-0.39, 0.29) is 5.91 Å². The second-order valence-electron chi connectivity index (χ2n) is 6.26. The largest absolute Gasteiger partial charge is 0.491 e. The van der Waals surface area contributed by atoms with Crippen molar-refractivity contribution in [3.8, 4) is 5.75 Å². The molecule has 152 valence electrons. The first-order chi connectivity index (χ1) is 14.1. The summed E-state index contributed by atoms with van der Waals surface area (Å²) in [7, 11) is 2.94. The fourth-order valence-electron chi connectivity index (χ4n) is 2.92. The smallest absolute Gasteiger partial charge is 0.337 e. The van der Waals surface area contributed by atoms with Gasteiger partial charge in [0, 0.05) is 29.5 Å². The van der Waals surface area contributed by atoms with E-state index in [1.165, 1.54) is 7.11 Å². The van der Waals surface area contributed by atoms with Crippen molar-refractivity contribution in [2.45, 2.75) is 0 Å². The summed E-state index contributed by atoms with van der Waals surface area (Å²) in [5, 5.41) is 2.79. The summed E-state index contributed by atoms with van der Waals surface area (Å²) in [6.45, 7) is 1.87. The molecule has 1 aliphatic rings. The minimum atomic E-state index is -0.453. The van der Waals surface area contributed by atoms with Gasteiger partial charge in [0.15, 0.2) is 0 Å². The lowest BCUT2D eigenvalue weighted by Gasteiger charge is -2.10. The van der Waals surface area contributed by atoms with Gasteiger partial charge in [-0.1, -0.05) is 24.3 Å². The lowest BCUT2D eigenvalue weighted by atomic mass is 10.0. The van der Waals surface area contributed by atoms with Gasteiger partial charge in [-0.15, -0.1) is 0 Å². The van der Waals surface area contributed by atoms with Crippen LogP contribution in [0.3, 0.4) is 0 Å². The number of hydrogen-bond acceptors (Lipinski definition) is 6. The Balaban J connectivity index is 1.77. The zero-order valence-corrected chi connectivity index (χ0v) is 16.4. The fourth-order valence-corrected chi connectivity index (χ4v) is 2.92. The van der Waals surface area contributed by atoms with E-state index < -0.39 is 5.97 Å². The average Bonchev–Trinajstić information content (AvgIpc) is 3.05. The molecule has 0 saturated carbocycles. The number of para-hydroxylation sites is 1. The zero-order valence-electron chi connectivity index (χ0n) is 16.4. The van der Waals surface area contributed by atoms with Crippen molar-refractivity contribution in [2.24, 2.45) is 0 Å². The average molecular weight is 397 g/mol. The summed E-state index contributed by atoms with van der Waals surface area (Å²) in [6.07, 6.45) is 1.78. The molecule has 7 heteroatoms. The summed E-state index contributed by atoms with van der Waals surface area (Å²) in [5.41, 5.74) is 2.96. The third-order valence-corrected chi connectivity index (χ3v) is 4.36. The molecule has 2 aromatic carbocycles. The molecule has 1 aliphatic heterocycles. The number of esters is 1. The van der Waals surface area contributed by atoms with Gasteiger partial charge in [-0.25, -0.2) is 4.79 Å². The van der Waals surface area contributed by atoms with Crippen molar-refractivity contribution in [3.05, 3.63) is 59.2 Å². The molecule has 0 unspecified atom stereocenters. The molecule has 0 atom stereocenters. The lowest BCUT2D eigenvalue weighted by molar-refractivity contribution is -0.110. The third-order valence-electron chi connectivity index (χ3n) is 4.36. The van der Waals surface area contributed by atoms with Gasteiger partial charge in [0.2, 0.25) is 0 Å². The Morgan fingerprint density at radius 1 is 1.03 bits per heavy atom. The van der Waals surface area contributed by atoms with Gasteiger partial charge in [0.05, 0.1) is 32.5 Å². The van der Waals surface area contributed by atoms with Crippen molar-refractivity contribution >= 4 is 29.2 Å². The topological polar surface area (TPSA) is 83.1 Å². The Morgan fingerprint density at radius 2 is 1.83 bits per heavy atom. The van der Waals surface area contributed by atoms with Crippen molar-refractivity contribution in [3.63, 3.8) is 0 Å². The van der Waals surface area contributed by atoms with Crippen molar-refractivity contribution in [1.82, 2.24) is 0 Å². The van der Waals surface area contributed by atoms with Gasteiger partial charge in [0.1, 0.15) is 12.4 Å². The van der Waals surface area contributed by atoms with Crippen LogP contribution in [0.2, 0.25) is 0 Å². The molecule has 0 fully saturated rings. The number of nitrogens with one attached hydrogen (secondary N) is 1. The number of rotatable bonds is 9. The van der Waals surface area contributed by atoms with Crippen LogP contribution in [-0.2, 0) is 19.0 Å². The van der Waals surface area contributed by atoms with E-state index in [9.17, 15) is 9.59 Å². The number of ether oxygens (including phenoxy) is 4. The highest BCUT2D eigenvalue weighted by molar-refractivity contribution is 6.35. The van der Waals surface area contributed by atoms with Gasteiger partial charge in [-0.05, 0) is 24.3 Å². The Hall–Kier alpha value is -3.16. The molecular weight excluding hydrogens is 374 g/mol. The van der Waals surface area contributed by atoms with Crippen LogP contribution in [0.15, 0.2) is 42.5 Å². The monoisotopic (exact) mass is 397 g/mol. The van der Waals surface area contributed by atoms with E-state index in [1.807, 2.05) is 24.3 Å². The van der Waals surface area contributed by atoms with Crippen LogP contribution in [0.25, 0.3) is 11.6 Å². The van der Waals surface area contributed by atoms with E-state index in [1.54, 1.807) is 31.4 Å². The Labute approximate surface area is 169 Å². The van der Waals surface area contributed by atoms with Crippen molar-refractivity contribution in [2.75, 3.05) is 46.0 Å². The van der Waals surface area contributed by atoms with E-state index in [4.69, 9.17) is 18.9 Å². The van der Waals surface area contributed by atoms with Crippen LogP contribution in [0.1, 0.15) is 21.5 Å². The second-order valence-corrected chi connectivity index (χ2v) is 6.26. The van der Waals surface area contributed by atoms with Crippen LogP contribution in [0.4, 0.5) is 5.69 Å². The maximum absolute atomic E-state index is 12.5. The summed E-state index contributed by atoms with van der Waals surface area (Å²) >= 11 is 0. The highest BCUT2D eigenvalue weighted by Gasteiger charge is 2.25. The van der Waals surface area contributed by atoms with Crippen LogP contribution in [-0.4, -0.2) is 52.5 Å². The molecule has 1 N–H and O–H groups in total. The Bertz CT molecular complexity index is 921. The first-order valence-electron chi connectivity index (χ1n) is 9.18. The van der Waals surface area contributed by atoms with E-state index in [2.05, 4.69) is 5.32 Å². The number of hydrogen-bond donors (Lipinski definition) is 1. The molecule has 0 radical (unpaired) electrons. The highest BCUT2D eigenvalue weighted by atomic mass is 16.5. The molecule has 29 heavy (non-hydrogen) atoms. The Morgan fingerprint density at radius 3 is 2.62 bits per heavy atom. The number of carbonyl (C=O) groups is 2. The quantitative estimate of drug-likeness (QED) is 0.398. The number of carbonyl (C=O) groups excluding carboxylic acids is 2. The predicted octanol–water partition coefficient (Wildman–Crippen LogP) is 3.01. The van der Waals surface area contributed by atoms with E-state index in [0.29, 0.717) is 49.0 Å². The van der Waals surface area contributed by atoms with Crippen LogP contribution in [0, 0.1) is 0 Å². The molecule has 0 aliphatic carbocycles.